The van der Waals surface area contributed by atoms with E-state index in [1.54, 1.807) is 24.3 Å². The second kappa shape index (κ2) is 59.5. The average Bonchev–Trinajstić information content (AvgIpc) is 0.822. The van der Waals surface area contributed by atoms with Crippen molar-refractivity contribution in [1.82, 2.24) is 39.6 Å². The molecule has 6 aliphatic rings. The summed E-state index contributed by atoms with van der Waals surface area (Å²) in [4.78, 5) is 18.3. The van der Waals surface area contributed by atoms with Crippen molar-refractivity contribution in [3.05, 3.63) is 285 Å². The minimum Gasteiger partial charge on any atom is -0.379 e. The number of nitrogens with zero attached hydrogens (tertiary/aromatic N) is 7. The highest BCUT2D eigenvalue weighted by atomic mass is 35.5. The quantitative estimate of drug-likeness (QED) is 0.0571. The van der Waals surface area contributed by atoms with Crippen LogP contribution in [0.2, 0.25) is 10.0 Å². The number of rotatable bonds is 23. The summed E-state index contributed by atoms with van der Waals surface area (Å²) >= 11 is 11.9. The maximum absolute atomic E-state index is 13.0. The smallest absolute Gasteiger partial charge is 0.123 e. The second-order valence-corrected chi connectivity index (χ2v) is 50.4. The number of nitrogens with two attached hydrogens (primary N) is 2. The number of likely N-dealkylation sites (tertiary alicyclic amines) is 3. The summed E-state index contributed by atoms with van der Waals surface area (Å²) < 4.78 is 31.5. The number of likely N-dealkylation sites (N-methyl/N-ethyl adjacent to an activating group) is 1. The normalized spacial score (nSPS) is 18.5. The summed E-state index contributed by atoms with van der Waals surface area (Å²) in [6, 6.07) is 77.1. The Hall–Kier alpha value is -6.24. The molecule has 0 bridgehead atoms. The molecule has 6 heterocycles. The fourth-order valence-electron chi connectivity index (χ4n) is 21.3. The first-order chi connectivity index (χ1) is 66.0. The first-order valence-electron chi connectivity index (χ1n) is 54.0. The van der Waals surface area contributed by atoms with Crippen molar-refractivity contribution in [2.45, 2.75) is 317 Å². The van der Waals surface area contributed by atoms with Gasteiger partial charge < -0.3 is 26.4 Å². The number of hydrogen-bond donors (Lipinski definition) is 3. The maximum Gasteiger partial charge on any atom is 0.123 e. The van der Waals surface area contributed by atoms with Gasteiger partial charge in [-0.15, -0.1) is 0 Å². The van der Waals surface area contributed by atoms with E-state index in [-0.39, 0.29) is 33.3 Å². The Morgan fingerprint density at radius 2 is 0.514 bits per heavy atom. The third kappa shape index (κ3) is 44.6. The van der Waals surface area contributed by atoms with E-state index in [9.17, 15) is 8.78 Å². The summed E-state index contributed by atoms with van der Waals surface area (Å²) in [5.41, 5.74) is 24.6. The van der Waals surface area contributed by atoms with Crippen molar-refractivity contribution in [2.24, 2.45) is 54.8 Å². The first kappa shape index (κ1) is 121. The molecular formula is C125H196Cl2F2N10O. The summed E-state index contributed by atoms with van der Waals surface area (Å²) in [6.07, 6.45) is 19.9. The van der Waals surface area contributed by atoms with Crippen LogP contribution in [-0.2, 0) is 43.3 Å². The van der Waals surface area contributed by atoms with Gasteiger partial charge in [-0.3, -0.25) is 29.4 Å². The molecule has 6 aliphatic heterocycles. The predicted molar refractivity (Wildman–Crippen MR) is 602 cm³/mol. The lowest BCUT2D eigenvalue weighted by atomic mass is 9.75. The van der Waals surface area contributed by atoms with E-state index in [1.165, 1.54) is 161 Å². The van der Waals surface area contributed by atoms with Crippen LogP contribution < -0.4 is 16.8 Å². The molecule has 5 N–H and O–H groups in total. The molecule has 0 aliphatic carbocycles. The Kier molecular flexibility index (Phi) is 51.3. The van der Waals surface area contributed by atoms with E-state index < -0.39 is 0 Å². The van der Waals surface area contributed by atoms with Crippen LogP contribution in [0.5, 0.6) is 0 Å². The van der Waals surface area contributed by atoms with Crippen LogP contribution in [0, 0.1) is 55.0 Å². The summed E-state index contributed by atoms with van der Waals surface area (Å²) in [5, 5.41) is 5.08. The van der Waals surface area contributed by atoms with E-state index in [2.05, 4.69) is 352 Å². The third-order valence-corrected chi connectivity index (χ3v) is 30.2. The van der Waals surface area contributed by atoms with Crippen molar-refractivity contribution in [3.63, 3.8) is 0 Å². The van der Waals surface area contributed by atoms with Crippen LogP contribution in [0.15, 0.2) is 218 Å². The Balaban J connectivity index is 0.000000218. The highest BCUT2D eigenvalue weighted by Crippen LogP contribution is 2.40. The van der Waals surface area contributed by atoms with Crippen molar-refractivity contribution in [1.29, 1.82) is 0 Å². The molecule has 6 fully saturated rings. The molecule has 8 aromatic carbocycles. The third-order valence-electron chi connectivity index (χ3n) is 29.6. The fraction of sp³-hybridized carbons (Fsp3) is 0.616. The number of benzene rings is 8. The molecule has 6 saturated heterocycles. The molecule has 15 heteroatoms. The van der Waals surface area contributed by atoms with Gasteiger partial charge in [0.05, 0.1) is 13.2 Å². The second-order valence-electron chi connectivity index (χ2n) is 49.5. The molecule has 0 saturated carbocycles. The van der Waals surface area contributed by atoms with Crippen LogP contribution in [0.25, 0.3) is 0 Å². The van der Waals surface area contributed by atoms with Gasteiger partial charge in [0, 0.05) is 118 Å². The molecule has 0 amide bonds. The minimum atomic E-state index is -0.152. The lowest BCUT2D eigenvalue weighted by Crippen LogP contribution is -2.53. The van der Waals surface area contributed by atoms with Gasteiger partial charge in [0.25, 0.3) is 0 Å². The zero-order valence-corrected chi connectivity index (χ0v) is 94.1. The van der Waals surface area contributed by atoms with E-state index >= 15 is 0 Å². The highest BCUT2D eigenvalue weighted by Gasteiger charge is 2.38. The first-order valence-corrected chi connectivity index (χ1v) is 54.7. The monoisotopic (exact) mass is 1960 g/mol. The van der Waals surface area contributed by atoms with Crippen molar-refractivity contribution in [2.75, 3.05) is 138 Å². The number of piperazine rings is 2. The number of ether oxygens (including phenoxy) is 1. The molecule has 780 valence electrons. The zero-order valence-electron chi connectivity index (χ0n) is 92.6. The Labute approximate surface area is 865 Å². The molecule has 0 aromatic heterocycles. The van der Waals surface area contributed by atoms with Gasteiger partial charge in [0.1, 0.15) is 11.6 Å². The Morgan fingerprint density at radius 1 is 0.279 bits per heavy atom. The Bertz CT molecular complexity index is 4270. The fourth-order valence-corrected chi connectivity index (χ4v) is 21.5. The van der Waals surface area contributed by atoms with E-state index in [0.717, 1.165) is 121 Å². The number of piperidine rings is 3. The zero-order chi connectivity index (χ0) is 103. The van der Waals surface area contributed by atoms with E-state index in [1.807, 2.05) is 54.6 Å². The van der Waals surface area contributed by atoms with Gasteiger partial charge in [-0.2, -0.15) is 0 Å². The predicted octanol–water partition coefficient (Wildman–Crippen LogP) is 28.3. The number of hydrogen-bond acceptors (Lipinski definition) is 11. The van der Waals surface area contributed by atoms with E-state index in [4.69, 9.17) is 39.4 Å². The van der Waals surface area contributed by atoms with Gasteiger partial charge in [0.2, 0.25) is 0 Å². The molecule has 8 unspecified atom stereocenters. The SMILES string of the molecule is CC(C)(C)C(CCN)c1ccccc1.CC(C)(C)C(CN)c1ccccc1.CC(C)(C)C(Cc1ccc(Cl)cc1)N1CCCCC1.CC(C)(C)C(Cc1ccc(Cl)cc1)N1CCOCC1.CC(C)(C)C(Cc1ccc(F)cc1)N1CCCCC1.CC(C)(C)C(Cc1ccccc1)N1CCCCC1.CC(C)(C)C(Cc1ccccc1)N1CCNCC1.CN1CCN(C(Cc2ccc(F)cc2)C(C)(C)C)CC1. The number of halogens is 4. The van der Waals surface area contributed by atoms with Crippen LogP contribution in [0.3, 0.4) is 0 Å². The Morgan fingerprint density at radius 3 is 0.771 bits per heavy atom. The van der Waals surface area contributed by atoms with Gasteiger partial charge >= 0.3 is 0 Å². The standard InChI is InChI=1S/C17H26ClN.C17H27FN2.C17H26FN.C17H27N.C16H24ClNO.C16H26N2.C13H21N.C12H19N/c1-17(2,3)16(19-11-5-4-6-12-19)13-14-7-9-15(18)10-8-14;1-17(2,3)16(20-11-9-19(4)10-12-20)13-14-5-7-15(18)8-6-14;1-17(2,3)16(19-11-5-4-6-12-19)13-14-7-9-15(18)10-8-14;1-17(2,3)16(18-12-8-5-9-13-18)14-15-10-6-4-7-11-15;1-16(2,3)15(18-8-10-19-11-9-18)12-13-4-6-14(17)7-5-13;1-16(2,3)15(18-11-9-17-10-12-18)13-14-7-5-4-6-8-14;1-13(2,3)12(9-10-14)11-7-5-4-6-8-11;1-12(2,3)11(9-13)10-7-5-4-6-8-10/h7-10,16H,4-6,11-13H2,1-3H3;5-8,16H,9-13H2,1-4H3;7-10,16H,4-6,11-13H2,1-3H3;4,6-7,10-11,16H,5,8-9,12-14H2,1-3H3;4-7,15H,8-12H2,1-3H3;4-8,15,17H,9-13H2,1-3H3;4-8,12H,9-10,14H2,1-3H3;4-8,11H,9,13H2,1-3H3. The molecule has 140 heavy (non-hydrogen) atoms. The lowest BCUT2D eigenvalue weighted by molar-refractivity contribution is -0.0101. The van der Waals surface area contributed by atoms with Gasteiger partial charge in [-0.05, 0) is 285 Å². The average molecular weight is 1960 g/mol. The maximum atomic E-state index is 13.0. The molecule has 11 nitrogen and oxygen atoms in total. The highest BCUT2D eigenvalue weighted by molar-refractivity contribution is 6.30. The van der Waals surface area contributed by atoms with Crippen molar-refractivity contribution in [3.8, 4) is 0 Å². The summed E-state index contributed by atoms with van der Waals surface area (Å²) in [6.45, 7) is 77.6. The lowest BCUT2D eigenvalue weighted by Gasteiger charge is -2.44. The number of morpholine rings is 1. The van der Waals surface area contributed by atoms with Crippen molar-refractivity contribution >= 4 is 23.2 Å². The van der Waals surface area contributed by atoms with Crippen LogP contribution in [0.1, 0.15) is 287 Å². The largest absolute Gasteiger partial charge is 0.379 e. The van der Waals surface area contributed by atoms with Crippen LogP contribution >= 0.6 is 23.2 Å². The van der Waals surface area contributed by atoms with E-state index in [0.29, 0.717) is 76.3 Å². The molecular weight excluding hydrogens is 1770 g/mol. The molecule has 0 spiro atoms. The number of nitrogens with one attached hydrogen (secondary N) is 1. The van der Waals surface area contributed by atoms with Gasteiger partial charge in [-0.1, -0.05) is 378 Å². The molecule has 8 atom stereocenters. The minimum absolute atomic E-state index is 0.144. The molecule has 8 aromatic rings. The van der Waals surface area contributed by atoms with Crippen LogP contribution in [0.4, 0.5) is 8.78 Å². The molecule has 14 rings (SSSR count). The van der Waals surface area contributed by atoms with Gasteiger partial charge in [0.15, 0.2) is 0 Å². The molecule has 0 radical (unpaired) electrons. The van der Waals surface area contributed by atoms with Crippen LogP contribution in [-0.4, -0.2) is 209 Å². The topological polar surface area (TPSA) is 96.0 Å². The van der Waals surface area contributed by atoms with Crippen molar-refractivity contribution < 1.29 is 13.5 Å². The van der Waals surface area contributed by atoms with Gasteiger partial charge in [-0.25, -0.2) is 8.78 Å². The summed E-state index contributed by atoms with van der Waals surface area (Å²) in [5.74, 6) is 0.720. The summed E-state index contributed by atoms with van der Waals surface area (Å²) in [7, 11) is 2.18.